The first-order valence-corrected chi connectivity index (χ1v) is 13.1. The number of nitrogens with zero attached hydrogens (tertiary/aromatic N) is 5. The molecule has 3 unspecified atom stereocenters. The highest BCUT2D eigenvalue weighted by molar-refractivity contribution is 5.75. The number of ether oxygens (including phenoxy) is 1. The summed E-state index contributed by atoms with van der Waals surface area (Å²) in [6.45, 7) is 7.11. The normalized spacial score (nSPS) is 19.1. The van der Waals surface area contributed by atoms with Gasteiger partial charge in [-0.05, 0) is 48.7 Å². The molecular weight excluding hydrogens is 518 g/mol. The van der Waals surface area contributed by atoms with Gasteiger partial charge in [-0.25, -0.2) is 13.8 Å². The lowest BCUT2D eigenvalue weighted by atomic mass is 9.89. The molecule has 210 valence electrons. The Bertz CT molecular complexity index is 1490. The second kappa shape index (κ2) is 11.5. The second-order valence-corrected chi connectivity index (χ2v) is 10.00. The number of anilines is 3. The zero-order chi connectivity index (χ0) is 28.4. The lowest BCUT2D eigenvalue weighted by Gasteiger charge is -2.42. The lowest BCUT2D eigenvalue weighted by molar-refractivity contribution is -0.120. The summed E-state index contributed by atoms with van der Waals surface area (Å²) in [5.74, 6) is -1.09. The molecule has 1 saturated heterocycles. The molecule has 40 heavy (non-hydrogen) atoms. The number of imidazole rings is 1. The number of nitrogens with one attached hydrogen (secondary N) is 2. The van der Waals surface area contributed by atoms with Crippen molar-refractivity contribution in [2.24, 2.45) is 11.7 Å². The fraction of sp³-hybridized carbons (Fsp3) is 0.357. The molecule has 4 heterocycles. The van der Waals surface area contributed by atoms with Crippen LogP contribution >= 0.6 is 0 Å². The van der Waals surface area contributed by atoms with E-state index in [-0.39, 0.29) is 41.8 Å². The number of fused-ring (bicyclic) bond motifs is 1. The largest absolute Gasteiger partial charge is 0.377 e. The van der Waals surface area contributed by atoms with Crippen LogP contribution in [-0.4, -0.2) is 57.3 Å². The molecule has 1 fully saturated rings. The van der Waals surface area contributed by atoms with Gasteiger partial charge in [-0.15, -0.1) is 0 Å². The minimum Gasteiger partial charge on any atom is -0.377 e. The third kappa shape index (κ3) is 5.58. The molecule has 1 aliphatic rings. The van der Waals surface area contributed by atoms with Gasteiger partial charge in [0, 0.05) is 44.9 Å². The molecule has 0 bridgehead atoms. The molecule has 1 aliphatic heterocycles. The number of rotatable bonds is 8. The van der Waals surface area contributed by atoms with Crippen molar-refractivity contribution in [1.29, 1.82) is 0 Å². The van der Waals surface area contributed by atoms with Crippen molar-refractivity contribution in [3.63, 3.8) is 0 Å². The van der Waals surface area contributed by atoms with Crippen LogP contribution in [0, 0.1) is 17.6 Å². The van der Waals surface area contributed by atoms with Crippen molar-refractivity contribution < 1.29 is 18.3 Å². The number of aromatic nitrogens is 4. The third-order valence-corrected chi connectivity index (χ3v) is 6.98. The predicted octanol–water partition coefficient (Wildman–Crippen LogP) is 3.64. The van der Waals surface area contributed by atoms with Crippen LogP contribution in [0.5, 0.6) is 0 Å². The Hall–Kier alpha value is -4.16. The van der Waals surface area contributed by atoms with E-state index in [0.717, 1.165) is 5.69 Å². The maximum atomic E-state index is 15.0. The van der Waals surface area contributed by atoms with E-state index >= 15 is 0 Å². The minimum absolute atomic E-state index is 0.105. The smallest absolute Gasteiger partial charge is 0.229 e. The monoisotopic (exact) mass is 550 g/mol. The third-order valence-electron chi connectivity index (χ3n) is 6.98. The van der Waals surface area contributed by atoms with Gasteiger partial charge in [-0.1, -0.05) is 6.92 Å². The highest BCUT2D eigenvalue weighted by Gasteiger charge is 2.34. The molecule has 1 aromatic carbocycles. The number of carbonyl (C=O) groups is 1. The van der Waals surface area contributed by atoms with Crippen molar-refractivity contribution in [3.8, 4) is 11.3 Å². The van der Waals surface area contributed by atoms with Gasteiger partial charge in [0.1, 0.15) is 11.6 Å². The molecule has 4 aromatic rings. The molecule has 5 rings (SSSR count). The van der Waals surface area contributed by atoms with Gasteiger partial charge in [0.05, 0.1) is 47.1 Å². The molecule has 3 atom stereocenters. The van der Waals surface area contributed by atoms with E-state index in [9.17, 15) is 13.6 Å². The van der Waals surface area contributed by atoms with E-state index in [1.54, 1.807) is 30.7 Å². The van der Waals surface area contributed by atoms with Gasteiger partial charge in [0.15, 0.2) is 0 Å². The van der Waals surface area contributed by atoms with Crippen molar-refractivity contribution in [2.75, 3.05) is 29.9 Å². The van der Waals surface area contributed by atoms with Crippen LogP contribution < -0.4 is 21.3 Å². The number of pyridine rings is 1. The van der Waals surface area contributed by atoms with Crippen molar-refractivity contribution in [1.82, 2.24) is 24.9 Å². The van der Waals surface area contributed by atoms with E-state index in [0.29, 0.717) is 42.4 Å². The van der Waals surface area contributed by atoms with Crippen LogP contribution in [0.4, 0.5) is 26.1 Å². The van der Waals surface area contributed by atoms with Crippen LogP contribution in [0.3, 0.4) is 0 Å². The molecule has 3 aromatic heterocycles. The number of amides is 1. The Morgan fingerprint density at radius 1 is 1.18 bits per heavy atom. The van der Waals surface area contributed by atoms with Gasteiger partial charge in [-0.2, -0.15) is 9.61 Å². The summed E-state index contributed by atoms with van der Waals surface area (Å²) in [6, 6.07) is 7.26. The summed E-state index contributed by atoms with van der Waals surface area (Å²) >= 11 is 0. The molecular formula is C28H32F2N8O2. The first kappa shape index (κ1) is 27.4. The van der Waals surface area contributed by atoms with Gasteiger partial charge in [0.2, 0.25) is 11.9 Å². The highest BCUT2D eigenvalue weighted by atomic mass is 19.1. The van der Waals surface area contributed by atoms with Gasteiger partial charge >= 0.3 is 0 Å². The van der Waals surface area contributed by atoms with Crippen molar-refractivity contribution in [3.05, 3.63) is 66.1 Å². The van der Waals surface area contributed by atoms with Crippen LogP contribution in [-0.2, 0) is 16.1 Å². The predicted molar refractivity (Wildman–Crippen MR) is 148 cm³/mol. The number of hydrogen-bond donors (Lipinski definition) is 3. The lowest BCUT2D eigenvalue weighted by Crippen LogP contribution is -2.61. The van der Waals surface area contributed by atoms with E-state index in [1.807, 2.05) is 13.0 Å². The van der Waals surface area contributed by atoms with E-state index in [4.69, 9.17) is 10.5 Å². The Balaban J connectivity index is 1.43. The summed E-state index contributed by atoms with van der Waals surface area (Å²) in [6.07, 6.45) is 4.98. The number of benzene rings is 1. The summed E-state index contributed by atoms with van der Waals surface area (Å²) in [5, 5.41) is 10.7. The molecule has 12 heteroatoms. The maximum absolute atomic E-state index is 15.0. The maximum Gasteiger partial charge on any atom is 0.229 e. The number of carbonyl (C=O) groups excluding carboxylic acids is 1. The quantitative estimate of drug-likeness (QED) is 0.304. The number of halogens is 2. The number of nitrogens with two attached hydrogens (primary N) is 1. The van der Waals surface area contributed by atoms with Gasteiger partial charge in [-0.3, -0.25) is 9.78 Å². The first-order chi connectivity index (χ1) is 19.2. The standard InChI is InChI=1S/C28H32F2N8O2/c1-4-40-15-18-9-20(29)26(21(30)10-18)23-6-5-19-11-33-28(38(19)36-23)35-24-12-32-8-7-25(24)37-13-16(2)27(22(31)14-37)34-17(3)39/h5-12,16,22,27H,4,13-15,31H2,1-3H3,(H,33,35)(H,34,39). The Morgan fingerprint density at radius 2 is 1.95 bits per heavy atom. The van der Waals surface area contributed by atoms with E-state index < -0.39 is 11.6 Å². The topological polar surface area (TPSA) is 123 Å². The summed E-state index contributed by atoms with van der Waals surface area (Å²) in [4.78, 5) is 22.5. The molecule has 0 aliphatic carbocycles. The first-order valence-electron chi connectivity index (χ1n) is 13.1. The number of hydrogen-bond acceptors (Lipinski definition) is 8. The Kier molecular flexibility index (Phi) is 7.90. The van der Waals surface area contributed by atoms with Crippen LogP contribution in [0.25, 0.3) is 16.8 Å². The van der Waals surface area contributed by atoms with Crippen LogP contribution in [0.1, 0.15) is 26.3 Å². The summed E-state index contributed by atoms with van der Waals surface area (Å²) in [7, 11) is 0. The number of piperidine rings is 1. The SMILES string of the molecule is CCOCc1cc(F)c(-c2ccc3cnc(Nc4cnccc4N4CC(C)C(NC(C)=O)C(N)C4)n3n2)c(F)c1. The minimum atomic E-state index is -0.723. The summed E-state index contributed by atoms with van der Waals surface area (Å²) in [5.41, 5.74) is 8.91. The molecule has 4 N–H and O–H groups in total. The Morgan fingerprint density at radius 3 is 2.65 bits per heavy atom. The van der Waals surface area contributed by atoms with Gasteiger partial charge < -0.3 is 26.0 Å². The second-order valence-electron chi connectivity index (χ2n) is 10.00. The fourth-order valence-electron chi connectivity index (χ4n) is 5.16. The average Bonchev–Trinajstić information content (AvgIpc) is 3.31. The van der Waals surface area contributed by atoms with Crippen LogP contribution in [0.2, 0.25) is 0 Å². The van der Waals surface area contributed by atoms with Crippen molar-refractivity contribution in [2.45, 2.75) is 39.5 Å². The van der Waals surface area contributed by atoms with E-state index in [2.05, 4.69) is 37.5 Å². The van der Waals surface area contributed by atoms with E-state index in [1.165, 1.54) is 23.6 Å². The van der Waals surface area contributed by atoms with Crippen molar-refractivity contribution >= 4 is 28.7 Å². The highest BCUT2D eigenvalue weighted by Crippen LogP contribution is 2.32. The summed E-state index contributed by atoms with van der Waals surface area (Å²) < 4.78 is 36.8. The molecule has 0 radical (unpaired) electrons. The molecule has 0 spiro atoms. The van der Waals surface area contributed by atoms with Gasteiger partial charge in [0.25, 0.3) is 0 Å². The average molecular weight is 551 g/mol. The zero-order valence-corrected chi connectivity index (χ0v) is 22.6. The zero-order valence-electron chi connectivity index (χ0n) is 22.6. The fourth-order valence-corrected chi connectivity index (χ4v) is 5.16. The molecule has 0 saturated carbocycles. The molecule has 1 amide bonds. The molecule has 10 nitrogen and oxygen atoms in total. The Labute approximate surface area is 230 Å². The van der Waals surface area contributed by atoms with Crippen LogP contribution in [0.15, 0.2) is 48.9 Å².